The Labute approximate surface area is 107 Å². The molecule has 2 unspecified atom stereocenters. The van der Waals surface area contributed by atoms with Crippen LogP contribution < -0.4 is 4.74 Å². The number of phenolic OH excluding ortho intramolecular Hbond substituents is 1. The van der Waals surface area contributed by atoms with Crippen LogP contribution in [0.25, 0.3) is 0 Å². The summed E-state index contributed by atoms with van der Waals surface area (Å²) in [5.41, 5.74) is 2.10. The van der Waals surface area contributed by atoms with Crippen molar-refractivity contribution in [2.75, 3.05) is 0 Å². The summed E-state index contributed by atoms with van der Waals surface area (Å²) < 4.78 is 5.95. The summed E-state index contributed by atoms with van der Waals surface area (Å²) in [6.07, 6.45) is 4.25. The van der Waals surface area contributed by atoms with Gasteiger partial charge in [0.15, 0.2) is 0 Å². The van der Waals surface area contributed by atoms with E-state index in [4.69, 9.17) is 4.74 Å². The van der Waals surface area contributed by atoms with Gasteiger partial charge in [-0.05, 0) is 37.0 Å². The molecule has 0 saturated heterocycles. The summed E-state index contributed by atoms with van der Waals surface area (Å²) in [5.74, 6) is 1.66. The molecule has 3 heteroatoms. The second-order valence-corrected chi connectivity index (χ2v) is 5.50. The molecule has 0 radical (unpaired) electrons. The standard InChI is InChI=1S/C15H20O3/c1-2-3-9-6-14-12(8-13(9)17)11-5-4-10(16)7-15(11)18-14/h6,8,10-11,15-17H,2-5,7H2,1H3/t10-,11?,15?/m0/s1. The van der Waals surface area contributed by atoms with Gasteiger partial charge >= 0.3 is 0 Å². The van der Waals surface area contributed by atoms with E-state index in [2.05, 4.69) is 6.92 Å². The Morgan fingerprint density at radius 2 is 2.17 bits per heavy atom. The SMILES string of the molecule is CCCc1cc2c(cc1O)C1CC[C@H](O)CC1O2. The van der Waals surface area contributed by atoms with Crippen molar-refractivity contribution in [3.05, 3.63) is 23.3 Å². The topological polar surface area (TPSA) is 49.7 Å². The number of benzene rings is 1. The summed E-state index contributed by atoms with van der Waals surface area (Å²) in [4.78, 5) is 0. The highest BCUT2D eigenvalue weighted by atomic mass is 16.5. The predicted molar refractivity (Wildman–Crippen MR) is 69.1 cm³/mol. The number of hydrogen-bond acceptors (Lipinski definition) is 3. The number of aliphatic hydroxyl groups is 1. The number of ether oxygens (including phenoxy) is 1. The lowest BCUT2D eigenvalue weighted by Crippen LogP contribution is -2.30. The zero-order valence-corrected chi connectivity index (χ0v) is 10.7. The molecule has 1 saturated carbocycles. The first-order valence-electron chi connectivity index (χ1n) is 6.89. The van der Waals surface area contributed by atoms with Crippen LogP contribution in [0.4, 0.5) is 0 Å². The van der Waals surface area contributed by atoms with Gasteiger partial charge in [0.25, 0.3) is 0 Å². The highest BCUT2D eigenvalue weighted by Crippen LogP contribution is 2.47. The highest BCUT2D eigenvalue weighted by molar-refractivity contribution is 5.50. The van der Waals surface area contributed by atoms with E-state index in [0.29, 0.717) is 18.1 Å². The molecule has 18 heavy (non-hydrogen) atoms. The van der Waals surface area contributed by atoms with Crippen molar-refractivity contribution in [2.45, 2.75) is 57.2 Å². The lowest BCUT2D eigenvalue weighted by molar-refractivity contribution is 0.0551. The van der Waals surface area contributed by atoms with E-state index < -0.39 is 0 Å². The average Bonchev–Trinajstić information content (AvgIpc) is 2.66. The zero-order chi connectivity index (χ0) is 12.7. The van der Waals surface area contributed by atoms with Crippen molar-refractivity contribution in [2.24, 2.45) is 0 Å². The number of aliphatic hydroxyl groups excluding tert-OH is 1. The number of aromatic hydroxyl groups is 1. The molecule has 3 rings (SSSR count). The van der Waals surface area contributed by atoms with Crippen molar-refractivity contribution in [3.8, 4) is 11.5 Å². The summed E-state index contributed by atoms with van der Waals surface area (Å²) >= 11 is 0. The van der Waals surface area contributed by atoms with Crippen molar-refractivity contribution in [1.82, 2.24) is 0 Å². The van der Waals surface area contributed by atoms with Crippen LogP contribution in [0, 0.1) is 0 Å². The van der Waals surface area contributed by atoms with E-state index in [-0.39, 0.29) is 12.2 Å². The summed E-state index contributed by atoms with van der Waals surface area (Å²) in [6.45, 7) is 2.10. The molecule has 98 valence electrons. The third-order valence-corrected chi connectivity index (χ3v) is 4.17. The molecule has 1 aromatic carbocycles. The molecule has 3 nitrogen and oxygen atoms in total. The van der Waals surface area contributed by atoms with Crippen LogP contribution in [0.3, 0.4) is 0 Å². The fourth-order valence-corrected chi connectivity index (χ4v) is 3.25. The number of aryl methyl sites for hydroxylation is 1. The van der Waals surface area contributed by atoms with E-state index in [0.717, 1.165) is 42.6 Å². The lowest BCUT2D eigenvalue weighted by atomic mass is 9.81. The monoisotopic (exact) mass is 248 g/mol. The van der Waals surface area contributed by atoms with Gasteiger partial charge in [-0.15, -0.1) is 0 Å². The van der Waals surface area contributed by atoms with E-state index >= 15 is 0 Å². The lowest BCUT2D eigenvalue weighted by Gasteiger charge is -2.27. The van der Waals surface area contributed by atoms with E-state index in [1.807, 2.05) is 12.1 Å². The van der Waals surface area contributed by atoms with Crippen LogP contribution in [-0.2, 0) is 6.42 Å². The van der Waals surface area contributed by atoms with Gasteiger partial charge in [-0.3, -0.25) is 0 Å². The minimum absolute atomic E-state index is 0.0972. The van der Waals surface area contributed by atoms with Crippen LogP contribution in [0.15, 0.2) is 12.1 Å². The van der Waals surface area contributed by atoms with Crippen molar-refractivity contribution < 1.29 is 14.9 Å². The Balaban J connectivity index is 1.92. The van der Waals surface area contributed by atoms with E-state index in [1.165, 1.54) is 0 Å². The van der Waals surface area contributed by atoms with Crippen LogP contribution in [0.5, 0.6) is 11.5 Å². The number of phenols is 1. The highest BCUT2D eigenvalue weighted by Gasteiger charge is 2.39. The molecule has 1 fully saturated rings. The maximum absolute atomic E-state index is 10.0. The Bertz CT molecular complexity index is 455. The van der Waals surface area contributed by atoms with Gasteiger partial charge in [0.2, 0.25) is 0 Å². The third-order valence-electron chi connectivity index (χ3n) is 4.17. The number of hydrogen-bond donors (Lipinski definition) is 2. The van der Waals surface area contributed by atoms with Crippen LogP contribution in [0.1, 0.15) is 49.7 Å². The molecule has 1 aliphatic carbocycles. The second kappa shape index (κ2) is 4.47. The van der Waals surface area contributed by atoms with Crippen molar-refractivity contribution in [1.29, 1.82) is 0 Å². The van der Waals surface area contributed by atoms with Gasteiger partial charge < -0.3 is 14.9 Å². The normalized spacial score (nSPS) is 29.6. The van der Waals surface area contributed by atoms with E-state index in [1.54, 1.807) is 0 Å². The quantitative estimate of drug-likeness (QED) is 0.846. The predicted octanol–water partition coefficient (Wildman–Crippen LogP) is 2.73. The molecule has 0 aromatic heterocycles. The Morgan fingerprint density at radius 1 is 1.33 bits per heavy atom. The van der Waals surface area contributed by atoms with Gasteiger partial charge in [0.1, 0.15) is 17.6 Å². The van der Waals surface area contributed by atoms with Gasteiger partial charge in [-0.2, -0.15) is 0 Å². The first-order valence-corrected chi connectivity index (χ1v) is 6.89. The molecule has 1 aromatic rings. The first kappa shape index (κ1) is 11.8. The smallest absolute Gasteiger partial charge is 0.123 e. The molecule has 1 aliphatic heterocycles. The molecule has 0 amide bonds. The minimum atomic E-state index is -0.232. The largest absolute Gasteiger partial charge is 0.508 e. The summed E-state index contributed by atoms with van der Waals surface area (Å²) in [7, 11) is 0. The minimum Gasteiger partial charge on any atom is -0.508 e. The van der Waals surface area contributed by atoms with Crippen molar-refractivity contribution >= 4 is 0 Å². The Kier molecular flexibility index (Phi) is 2.94. The molecular formula is C15H20O3. The summed E-state index contributed by atoms with van der Waals surface area (Å²) in [6, 6.07) is 3.86. The molecule has 2 aliphatic rings. The number of rotatable bonds is 2. The first-order chi connectivity index (χ1) is 8.69. The molecule has 1 heterocycles. The van der Waals surface area contributed by atoms with Crippen LogP contribution in [0.2, 0.25) is 0 Å². The summed E-state index contributed by atoms with van der Waals surface area (Å²) in [5, 5.41) is 19.7. The van der Waals surface area contributed by atoms with Gasteiger partial charge in [0.05, 0.1) is 6.10 Å². The fourth-order valence-electron chi connectivity index (χ4n) is 3.25. The number of fused-ring (bicyclic) bond motifs is 3. The Hall–Kier alpha value is -1.22. The van der Waals surface area contributed by atoms with Gasteiger partial charge in [0, 0.05) is 17.9 Å². The maximum Gasteiger partial charge on any atom is 0.123 e. The van der Waals surface area contributed by atoms with Crippen molar-refractivity contribution in [3.63, 3.8) is 0 Å². The van der Waals surface area contributed by atoms with Crippen LogP contribution >= 0.6 is 0 Å². The second-order valence-electron chi connectivity index (χ2n) is 5.50. The van der Waals surface area contributed by atoms with Gasteiger partial charge in [-0.25, -0.2) is 0 Å². The zero-order valence-electron chi connectivity index (χ0n) is 10.7. The van der Waals surface area contributed by atoms with E-state index in [9.17, 15) is 10.2 Å². The molecule has 3 atom stereocenters. The third kappa shape index (κ3) is 1.87. The molecular weight excluding hydrogens is 228 g/mol. The van der Waals surface area contributed by atoms with Gasteiger partial charge in [-0.1, -0.05) is 13.3 Å². The molecule has 0 bridgehead atoms. The average molecular weight is 248 g/mol. The Morgan fingerprint density at radius 3 is 2.94 bits per heavy atom. The fraction of sp³-hybridized carbons (Fsp3) is 0.600. The molecule has 0 spiro atoms. The molecule has 2 N–H and O–H groups in total. The van der Waals surface area contributed by atoms with Crippen LogP contribution in [-0.4, -0.2) is 22.4 Å². The maximum atomic E-state index is 10.0.